The van der Waals surface area contributed by atoms with Crippen LogP contribution < -0.4 is 5.73 Å². The van der Waals surface area contributed by atoms with E-state index in [0.29, 0.717) is 12.8 Å². The number of hydrogen-bond donors (Lipinski definition) is 2. The molecule has 10 heavy (non-hydrogen) atoms. The second-order valence-corrected chi connectivity index (χ2v) is 2.68. The van der Waals surface area contributed by atoms with Crippen LogP contribution in [0.2, 0.25) is 0 Å². The van der Waals surface area contributed by atoms with Crippen molar-refractivity contribution in [2.75, 3.05) is 0 Å². The lowest BCUT2D eigenvalue weighted by molar-refractivity contribution is -0.143. The number of rotatable bonds is 1. The molecule has 3 heteroatoms. The number of nitrogens with two attached hydrogens (primary N) is 1. The van der Waals surface area contributed by atoms with E-state index in [-0.39, 0.29) is 0 Å². The van der Waals surface area contributed by atoms with E-state index in [1.807, 2.05) is 12.2 Å². The quantitative estimate of drug-likeness (QED) is 0.523. The molecule has 0 heterocycles. The molecule has 0 bridgehead atoms. The zero-order valence-electron chi connectivity index (χ0n) is 5.71. The molecule has 0 spiro atoms. The van der Waals surface area contributed by atoms with Crippen molar-refractivity contribution < 1.29 is 9.90 Å². The van der Waals surface area contributed by atoms with Crippen molar-refractivity contribution in [3.8, 4) is 0 Å². The monoisotopic (exact) mass is 141 g/mol. The molecule has 0 aromatic rings. The molecule has 1 unspecified atom stereocenters. The van der Waals surface area contributed by atoms with Crippen molar-refractivity contribution in [3.05, 3.63) is 12.2 Å². The van der Waals surface area contributed by atoms with Crippen molar-refractivity contribution in [1.29, 1.82) is 0 Å². The molecule has 0 amide bonds. The van der Waals surface area contributed by atoms with Gasteiger partial charge in [0.15, 0.2) is 0 Å². The predicted molar refractivity (Wildman–Crippen MR) is 37.5 cm³/mol. The summed E-state index contributed by atoms with van der Waals surface area (Å²) in [7, 11) is 0. The number of carboxylic acids is 1. The van der Waals surface area contributed by atoms with Gasteiger partial charge in [-0.25, -0.2) is 0 Å². The third kappa shape index (κ3) is 1.19. The van der Waals surface area contributed by atoms with Gasteiger partial charge in [0.05, 0.1) is 0 Å². The third-order valence-electron chi connectivity index (χ3n) is 1.83. The van der Waals surface area contributed by atoms with E-state index in [1.165, 1.54) is 0 Å². The highest BCUT2D eigenvalue weighted by molar-refractivity contribution is 5.78. The standard InChI is InChI=1S/C7H11NO2/c8-7(6(9)10)4-2-1-3-5-7/h1-2H,3-5,8H2,(H,9,10). The zero-order valence-corrected chi connectivity index (χ0v) is 5.71. The summed E-state index contributed by atoms with van der Waals surface area (Å²) >= 11 is 0. The summed E-state index contributed by atoms with van der Waals surface area (Å²) in [6.07, 6.45) is 5.59. The maximum absolute atomic E-state index is 10.5. The van der Waals surface area contributed by atoms with Crippen LogP contribution in [0.3, 0.4) is 0 Å². The lowest BCUT2D eigenvalue weighted by Crippen LogP contribution is -2.48. The van der Waals surface area contributed by atoms with Crippen molar-refractivity contribution >= 4 is 5.97 Å². The maximum Gasteiger partial charge on any atom is 0.324 e. The smallest absolute Gasteiger partial charge is 0.324 e. The van der Waals surface area contributed by atoms with Gasteiger partial charge in [-0.2, -0.15) is 0 Å². The molecule has 0 aliphatic heterocycles. The topological polar surface area (TPSA) is 63.3 Å². The molecule has 0 radical (unpaired) electrons. The third-order valence-corrected chi connectivity index (χ3v) is 1.83. The summed E-state index contributed by atoms with van der Waals surface area (Å²) in [4.78, 5) is 10.5. The van der Waals surface area contributed by atoms with E-state index >= 15 is 0 Å². The average molecular weight is 141 g/mol. The Balaban J connectivity index is 2.68. The van der Waals surface area contributed by atoms with E-state index in [0.717, 1.165) is 6.42 Å². The molecule has 0 fully saturated rings. The van der Waals surface area contributed by atoms with Gasteiger partial charge >= 0.3 is 5.97 Å². The first-order valence-corrected chi connectivity index (χ1v) is 3.32. The molecule has 1 aliphatic rings. The summed E-state index contributed by atoms with van der Waals surface area (Å²) in [5, 5.41) is 8.64. The van der Waals surface area contributed by atoms with Crippen LogP contribution in [0.25, 0.3) is 0 Å². The van der Waals surface area contributed by atoms with Gasteiger partial charge in [-0.15, -0.1) is 0 Å². The van der Waals surface area contributed by atoms with Gasteiger partial charge in [0.25, 0.3) is 0 Å². The van der Waals surface area contributed by atoms with Crippen LogP contribution in [-0.2, 0) is 4.79 Å². The first kappa shape index (κ1) is 7.28. The highest BCUT2D eigenvalue weighted by Crippen LogP contribution is 2.20. The van der Waals surface area contributed by atoms with Gasteiger partial charge in [-0.05, 0) is 19.3 Å². The van der Waals surface area contributed by atoms with Crippen LogP contribution >= 0.6 is 0 Å². The SMILES string of the molecule is NC1(C(=O)O)CC=CCC1. The Morgan fingerprint density at radius 2 is 2.30 bits per heavy atom. The fourth-order valence-corrected chi connectivity index (χ4v) is 1.05. The Kier molecular flexibility index (Phi) is 1.76. The molecular weight excluding hydrogens is 130 g/mol. The molecule has 1 rings (SSSR count). The maximum atomic E-state index is 10.5. The lowest BCUT2D eigenvalue weighted by atomic mass is 9.87. The van der Waals surface area contributed by atoms with Crippen LogP contribution in [0, 0.1) is 0 Å². The van der Waals surface area contributed by atoms with Gasteiger partial charge in [-0.3, -0.25) is 4.79 Å². The Morgan fingerprint density at radius 1 is 1.60 bits per heavy atom. The molecule has 3 nitrogen and oxygen atoms in total. The van der Waals surface area contributed by atoms with E-state index in [2.05, 4.69) is 0 Å². The van der Waals surface area contributed by atoms with Crippen molar-refractivity contribution in [1.82, 2.24) is 0 Å². The first-order valence-electron chi connectivity index (χ1n) is 3.32. The number of carbonyl (C=O) groups is 1. The molecule has 0 aromatic carbocycles. The molecule has 0 aromatic heterocycles. The fourth-order valence-electron chi connectivity index (χ4n) is 1.05. The van der Waals surface area contributed by atoms with Gasteiger partial charge in [0.2, 0.25) is 0 Å². The van der Waals surface area contributed by atoms with Crippen LogP contribution in [0.5, 0.6) is 0 Å². The minimum Gasteiger partial charge on any atom is -0.480 e. The molecule has 56 valence electrons. The molecule has 1 atom stereocenters. The normalized spacial score (nSPS) is 32.1. The first-order chi connectivity index (χ1) is 4.65. The Morgan fingerprint density at radius 3 is 2.60 bits per heavy atom. The summed E-state index contributed by atoms with van der Waals surface area (Å²) in [6, 6.07) is 0. The Labute approximate surface area is 59.5 Å². The molecule has 0 saturated heterocycles. The van der Waals surface area contributed by atoms with Crippen LogP contribution in [0.4, 0.5) is 0 Å². The van der Waals surface area contributed by atoms with Gasteiger partial charge in [0.1, 0.15) is 5.54 Å². The number of hydrogen-bond acceptors (Lipinski definition) is 2. The zero-order chi connectivity index (χ0) is 7.61. The number of allylic oxidation sites excluding steroid dienone is 1. The fraction of sp³-hybridized carbons (Fsp3) is 0.571. The van der Waals surface area contributed by atoms with Crippen LogP contribution in [-0.4, -0.2) is 16.6 Å². The molecule has 0 saturated carbocycles. The lowest BCUT2D eigenvalue weighted by Gasteiger charge is -2.24. The van der Waals surface area contributed by atoms with E-state index in [4.69, 9.17) is 10.8 Å². The van der Waals surface area contributed by atoms with Gasteiger partial charge in [-0.1, -0.05) is 12.2 Å². The minimum absolute atomic E-state index is 0.461. The highest BCUT2D eigenvalue weighted by atomic mass is 16.4. The second-order valence-electron chi connectivity index (χ2n) is 2.68. The number of aliphatic carboxylic acids is 1. The van der Waals surface area contributed by atoms with E-state index in [9.17, 15) is 4.79 Å². The van der Waals surface area contributed by atoms with Crippen LogP contribution in [0.15, 0.2) is 12.2 Å². The minimum atomic E-state index is -0.991. The number of carboxylic acid groups (broad SMARTS) is 1. The van der Waals surface area contributed by atoms with Gasteiger partial charge < -0.3 is 10.8 Å². The van der Waals surface area contributed by atoms with E-state index in [1.54, 1.807) is 0 Å². The average Bonchev–Trinajstić information content (AvgIpc) is 1.89. The summed E-state index contributed by atoms with van der Waals surface area (Å²) in [5.74, 6) is -0.892. The predicted octanol–water partition coefficient (Wildman–Crippen LogP) is 0.509. The van der Waals surface area contributed by atoms with Crippen molar-refractivity contribution in [2.45, 2.75) is 24.8 Å². The van der Waals surface area contributed by atoms with Gasteiger partial charge in [0, 0.05) is 0 Å². The summed E-state index contributed by atoms with van der Waals surface area (Å²) < 4.78 is 0. The Hall–Kier alpha value is -0.830. The van der Waals surface area contributed by atoms with Crippen molar-refractivity contribution in [2.24, 2.45) is 5.73 Å². The molecular formula is C7H11NO2. The highest BCUT2D eigenvalue weighted by Gasteiger charge is 2.32. The van der Waals surface area contributed by atoms with Crippen LogP contribution in [0.1, 0.15) is 19.3 Å². The second kappa shape index (κ2) is 2.42. The van der Waals surface area contributed by atoms with Crippen molar-refractivity contribution in [3.63, 3.8) is 0 Å². The van der Waals surface area contributed by atoms with E-state index < -0.39 is 11.5 Å². The Bertz CT molecular complexity index is 176. The summed E-state index contributed by atoms with van der Waals surface area (Å²) in [6.45, 7) is 0. The summed E-state index contributed by atoms with van der Waals surface area (Å²) in [5.41, 5.74) is 4.56. The largest absolute Gasteiger partial charge is 0.480 e. The molecule has 1 aliphatic carbocycles. The molecule has 3 N–H and O–H groups in total.